The normalized spacial score (nSPS) is 23.8. The highest BCUT2D eigenvalue weighted by Crippen LogP contribution is 2.40. The summed E-state index contributed by atoms with van der Waals surface area (Å²) in [6.45, 7) is 2.77. The average molecular weight is 491 g/mol. The molecule has 8 nitrogen and oxygen atoms in total. The Hall–Kier alpha value is -3.08. The molecule has 2 aromatic heterocycles. The predicted molar refractivity (Wildman–Crippen MR) is 121 cm³/mol. The molecule has 1 aliphatic carbocycles. The first kappa shape index (κ1) is 21.5. The molecule has 1 N–H and O–H groups in total. The molecule has 3 aliphatic rings. The zero-order valence-corrected chi connectivity index (χ0v) is 18.9. The molecule has 0 amide bonds. The van der Waals surface area contributed by atoms with E-state index in [4.69, 9.17) is 11.6 Å². The lowest BCUT2D eigenvalue weighted by atomic mass is 9.92. The summed E-state index contributed by atoms with van der Waals surface area (Å²) in [5.74, 6) is -2.25. The SMILES string of the molecule is Fc1ccc(N2CCCn3nc(N[C@H]4[C@@H]5CC[C@H]4CN(c4cnnc(Cl)c4)C5)nc32)c(F)c1F. The number of aromatic nitrogens is 5. The van der Waals surface area contributed by atoms with Gasteiger partial charge in [-0.15, -0.1) is 10.2 Å². The maximum Gasteiger partial charge on any atom is 0.244 e. The Labute approximate surface area is 198 Å². The molecule has 3 atom stereocenters. The summed E-state index contributed by atoms with van der Waals surface area (Å²) in [6.07, 6.45) is 4.59. The quantitative estimate of drug-likeness (QED) is 0.554. The molecule has 4 heterocycles. The first-order valence-corrected chi connectivity index (χ1v) is 11.7. The van der Waals surface area contributed by atoms with Gasteiger partial charge in [0.15, 0.2) is 22.6 Å². The monoisotopic (exact) mass is 490 g/mol. The van der Waals surface area contributed by atoms with Crippen molar-refractivity contribution in [2.24, 2.45) is 11.8 Å². The summed E-state index contributed by atoms with van der Waals surface area (Å²) in [5.41, 5.74) is 0.923. The van der Waals surface area contributed by atoms with E-state index in [1.807, 2.05) is 6.07 Å². The van der Waals surface area contributed by atoms with Gasteiger partial charge in [-0.2, -0.15) is 10.1 Å². The van der Waals surface area contributed by atoms with Gasteiger partial charge in [-0.25, -0.2) is 17.9 Å². The molecule has 12 heteroatoms. The number of nitrogens with zero attached hydrogens (tertiary/aromatic N) is 7. The third-order valence-corrected chi connectivity index (χ3v) is 7.24. The molecule has 2 aliphatic heterocycles. The van der Waals surface area contributed by atoms with Gasteiger partial charge in [0, 0.05) is 38.3 Å². The lowest BCUT2D eigenvalue weighted by Gasteiger charge is -2.39. The van der Waals surface area contributed by atoms with Gasteiger partial charge in [0.25, 0.3) is 0 Å². The first-order chi connectivity index (χ1) is 16.5. The first-order valence-electron chi connectivity index (χ1n) is 11.3. The van der Waals surface area contributed by atoms with Gasteiger partial charge in [0.05, 0.1) is 17.6 Å². The van der Waals surface area contributed by atoms with Crippen LogP contribution in [0, 0.1) is 29.3 Å². The van der Waals surface area contributed by atoms with Crippen molar-refractivity contribution >= 4 is 34.9 Å². The Morgan fingerprint density at radius 2 is 1.82 bits per heavy atom. The van der Waals surface area contributed by atoms with E-state index in [1.165, 1.54) is 6.07 Å². The fraction of sp³-hybridized carbons (Fsp3) is 0.455. The summed E-state index contributed by atoms with van der Waals surface area (Å²) in [5, 5.41) is 16.3. The highest BCUT2D eigenvalue weighted by Gasteiger charge is 2.43. The summed E-state index contributed by atoms with van der Waals surface area (Å²) in [7, 11) is 0. The van der Waals surface area contributed by atoms with Gasteiger partial charge in [0.1, 0.15) is 0 Å². The van der Waals surface area contributed by atoms with Gasteiger partial charge in [-0.05, 0) is 43.2 Å². The molecular weight excluding hydrogens is 469 g/mol. The molecule has 6 rings (SSSR count). The van der Waals surface area contributed by atoms with Gasteiger partial charge in [0.2, 0.25) is 11.9 Å². The Bertz CT molecular complexity index is 1220. The highest BCUT2D eigenvalue weighted by atomic mass is 35.5. The molecular formula is C22H22ClF3N8. The van der Waals surface area contributed by atoms with E-state index in [0.717, 1.165) is 37.7 Å². The molecule has 1 aromatic carbocycles. The Morgan fingerprint density at radius 1 is 1.03 bits per heavy atom. The minimum Gasteiger partial charge on any atom is -0.369 e. The van der Waals surface area contributed by atoms with Crippen LogP contribution in [0.25, 0.3) is 0 Å². The van der Waals surface area contributed by atoms with Crippen molar-refractivity contribution in [3.63, 3.8) is 0 Å². The number of fused-ring (bicyclic) bond motifs is 3. The lowest BCUT2D eigenvalue weighted by Crippen LogP contribution is -2.48. The Balaban J connectivity index is 1.22. The standard InChI is InChI=1S/C22H22ClF3N8/c23-17-8-14(9-27-30-17)32-10-12-2-3-13(11-32)20(12)28-21-29-22-33(6-1-7-34(22)31-21)16-5-4-15(24)18(25)19(16)26/h4-5,8-9,12-13,20H,1-3,6-7,10-11H2,(H,28,31)/t12-,13+,20+. The van der Waals surface area contributed by atoms with Crippen LogP contribution in [0.3, 0.4) is 0 Å². The number of benzene rings is 1. The van der Waals surface area contributed by atoms with Crippen LogP contribution in [-0.4, -0.2) is 50.6 Å². The fourth-order valence-corrected chi connectivity index (χ4v) is 5.65. The molecule has 34 heavy (non-hydrogen) atoms. The number of aryl methyl sites for hydroxylation is 1. The van der Waals surface area contributed by atoms with E-state index in [0.29, 0.717) is 48.4 Å². The smallest absolute Gasteiger partial charge is 0.244 e. The molecule has 2 bridgehead atoms. The van der Waals surface area contributed by atoms with Crippen molar-refractivity contribution in [1.82, 2.24) is 25.0 Å². The van der Waals surface area contributed by atoms with E-state index in [-0.39, 0.29) is 11.7 Å². The van der Waals surface area contributed by atoms with Crippen molar-refractivity contribution in [2.75, 3.05) is 34.8 Å². The summed E-state index contributed by atoms with van der Waals surface area (Å²) in [4.78, 5) is 8.46. The zero-order valence-electron chi connectivity index (χ0n) is 18.1. The number of hydrogen-bond donors (Lipinski definition) is 1. The largest absolute Gasteiger partial charge is 0.369 e. The van der Waals surface area contributed by atoms with Crippen LogP contribution in [0.1, 0.15) is 19.3 Å². The molecule has 2 fully saturated rings. The second-order valence-electron chi connectivity index (χ2n) is 9.07. The number of rotatable bonds is 4. The molecule has 0 spiro atoms. The molecule has 178 valence electrons. The Kier molecular flexibility index (Phi) is 5.23. The Morgan fingerprint density at radius 3 is 2.59 bits per heavy atom. The van der Waals surface area contributed by atoms with E-state index in [1.54, 1.807) is 15.8 Å². The van der Waals surface area contributed by atoms with Gasteiger partial charge in [-0.3, -0.25) is 0 Å². The number of nitrogens with one attached hydrogen (secondary N) is 1. The van der Waals surface area contributed by atoms with Gasteiger partial charge in [-0.1, -0.05) is 11.6 Å². The number of halogens is 4. The topological polar surface area (TPSA) is 75.0 Å². The lowest BCUT2D eigenvalue weighted by molar-refractivity contribution is 0.376. The van der Waals surface area contributed by atoms with Crippen molar-refractivity contribution in [3.8, 4) is 0 Å². The number of piperidine rings is 1. The maximum atomic E-state index is 14.5. The summed E-state index contributed by atoms with van der Waals surface area (Å²) in [6, 6.07) is 4.21. The second kappa shape index (κ2) is 8.30. The zero-order chi connectivity index (χ0) is 23.4. The van der Waals surface area contributed by atoms with Crippen molar-refractivity contribution in [3.05, 3.63) is 47.0 Å². The minimum atomic E-state index is -1.48. The molecule has 0 radical (unpaired) electrons. The molecule has 1 saturated carbocycles. The van der Waals surface area contributed by atoms with Crippen molar-refractivity contribution in [1.29, 1.82) is 0 Å². The highest BCUT2D eigenvalue weighted by molar-refractivity contribution is 6.29. The predicted octanol–water partition coefficient (Wildman–Crippen LogP) is 4.01. The van der Waals surface area contributed by atoms with Crippen LogP contribution >= 0.6 is 11.6 Å². The van der Waals surface area contributed by atoms with Crippen LogP contribution < -0.4 is 15.1 Å². The average Bonchev–Trinajstić information content (AvgIpc) is 3.33. The van der Waals surface area contributed by atoms with E-state index in [2.05, 4.69) is 30.5 Å². The van der Waals surface area contributed by atoms with Crippen LogP contribution in [0.4, 0.5) is 36.4 Å². The molecule has 3 aromatic rings. The summed E-state index contributed by atoms with van der Waals surface area (Å²) < 4.78 is 43.5. The molecule has 0 unspecified atom stereocenters. The van der Waals surface area contributed by atoms with Crippen LogP contribution in [-0.2, 0) is 6.54 Å². The van der Waals surface area contributed by atoms with E-state index in [9.17, 15) is 13.2 Å². The minimum absolute atomic E-state index is 0.0446. The van der Waals surface area contributed by atoms with Crippen molar-refractivity contribution in [2.45, 2.75) is 31.8 Å². The van der Waals surface area contributed by atoms with Crippen LogP contribution in [0.2, 0.25) is 5.15 Å². The van der Waals surface area contributed by atoms with Crippen LogP contribution in [0.5, 0.6) is 0 Å². The third-order valence-electron chi connectivity index (χ3n) is 7.06. The van der Waals surface area contributed by atoms with E-state index >= 15 is 0 Å². The second-order valence-corrected chi connectivity index (χ2v) is 9.45. The maximum absolute atomic E-state index is 14.5. The summed E-state index contributed by atoms with van der Waals surface area (Å²) >= 11 is 6.02. The number of anilines is 4. The van der Waals surface area contributed by atoms with Gasteiger partial charge < -0.3 is 15.1 Å². The van der Waals surface area contributed by atoms with Crippen LogP contribution in [0.15, 0.2) is 24.4 Å². The fourth-order valence-electron chi connectivity index (χ4n) is 5.50. The third kappa shape index (κ3) is 3.62. The number of hydrogen-bond acceptors (Lipinski definition) is 7. The van der Waals surface area contributed by atoms with Crippen molar-refractivity contribution < 1.29 is 13.2 Å². The van der Waals surface area contributed by atoms with Gasteiger partial charge >= 0.3 is 0 Å². The van der Waals surface area contributed by atoms with E-state index < -0.39 is 17.5 Å². The molecule has 1 saturated heterocycles.